The molecule has 0 fully saturated rings. The first-order chi connectivity index (χ1) is 13.7. The zero-order valence-electron chi connectivity index (χ0n) is 16.2. The van der Waals surface area contributed by atoms with Gasteiger partial charge in [0.15, 0.2) is 0 Å². The normalized spacial score (nSPS) is 14.3. The van der Waals surface area contributed by atoms with E-state index in [0.717, 1.165) is 49.5 Å². The monoisotopic (exact) mass is 375 g/mol. The van der Waals surface area contributed by atoms with Gasteiger partial charge in [0, 0.05) is 50.2 Å². The lowest BCUT2D eigenvalue weighted by molar-refractivity contribution is 0.278. The van der Waals surface area contributed by atoms with E-state index >= 15 is 0 Å². The molecule has 0 bridgehead atoms. The van der Waals surface area contributed by atoms with Crippen LogP contribution >= 0.6 is 0 Å². The van der Waals surface area contributed by atoms with E-state index in [-0.39, 0.29) is 5.56 Å². The maximum atomic E-state index is 12.6. The number of methoxy groups -OCH3 is 1. The first kappa shape index (κ1) is 18.4. The van der Waals surface area contributed by atoms with Gasteiger partial charge in [0.05, 0.1) is 13.7 Å². The van der Waals surface area contributed by atoms with Crippen LogP contribution in [0.25, 0.3) is 0 Å². The number of hydrogen-bond donors (Lipinski definition) is 0. The predicted molar refractivity (Wildman–Crippen MR) is 110 cm³/mol. The molecular weight excluding hydrogens is 350 g/mol. The summed E-state index contributed by atoms with van der Waals surface area (Å²) in [6.07, 6.45) is 5.42. The molecule has 4 rings (SSSR count). The summed E-state index contributed by atoms with van der Waals surface area (Å²) >= 11 is 0. The smallest absolute Gasteiger partial charge is 0.251 e. The molecule has 5 heteroatoms. The van der Waals surface area contributed by atoms with Crippen molar-refractivity contribution in [1.29, 1.82) is 0 Å². The van der Waals surface area contributed by atoms with Gasteiger partial charge in [-0.1, -0.05) is 24.3 Å². The van der Waals surface area contributed by atoms with Gasteiger partial charge in [-0.3, -0.25) is 14.7 Å². The molecule has 0 saturated carbocycles. The van der Waals surface area contributed by atoms with Gasteiger partial charge in [0.1, 0.15) is 5.75 Å². The summed E-state index contributed by atoms with van der Waals surface area (Å²) in [4.78, 5) is 19.2. The lowest BCUT2D eigenvalue weighted by Crippen LogP contribution is -2.27. The zero-order chi connectivity index (χ0) is 19.3. The fraction of sp³-hybridized carbons (Fsp3) is 0.304. The van der Waals surface area contributed by atoms with Crippen LogP contribution in [0.4, 0.5) is 0 Å². The number of pyridine rings is 2. The van der Waals surface area contributed by atoms with Crippen LogP contribution in [-0.2, 0) is 25.9 Å². The Labute approximate surface area is 165 Å². The van der Waals surface area contributed by atoms with Crippen LogP contribution in [0.2, 0.25) is 0 Å². The van der Waals surface area contributed by atoms with Crippen LogP contribution in [0, 0.1) is 0 Å². The first-order valence-corrected chi connectivity index (χ1v) is 9.69. The van der Waals surface area contributed by atoms with Gasteiger partial charge < -0.3 is 9.30 Å². The van der Waals surface area contributed by atoms with Crippen LogP contribution in [0.3, 0.4) is 0 Å². The summed E-state index contributed by atoms with van der Waals surface area (Å²) in [6, 6.07) is 15.9. The molecule has 0 radical (unpaired) electrons. The number of nitrogens with zero attached hydrogens (tertiary/aromatic N) is 3. The summed E-state index contributed by atoms with van der Waals surface area (Å²) in [5.74, 6) is 0.881. The minimum absolute atomic E-state index is 0.0613. The molecule has 0 saturated heterocycles. The second-order valence-corrected chi connectivity index (χ2v) is 7.22. The molecule has 0 amide bonds. The van der Waals surface area contributed by atoms with Gasteiger partial charge in [-0.05, 0) is 41.3 Å². The van der Waals surface area contributed by atoms with E-state index in [1.54, 1.807) is 19.4 Å². The summed E-state index contributed by atoms with van der Waals surface area (Å²) < 4.78 is 7.16. The van der Waals surface area contributed by atoms with Crippen molar-refractivity contribution in [3.63, 3.8) is 0 Å². The van der Waals surface area contributed by atoms with Crippen molar-refractivity contribution in [1.82, 2.24) is 14.5 Å². The van der Waals surface area contributed by atoms with Gasteiger partial charge in [0.2, 0.25) is 0 Å². The number of rotatable bonds is 5. The summed E-state index contributed by atoms with van der Waals surface area (Å²) in [7, 11) is 1.69. The number of hydrogen-bond acceptors (Lipinski definition) is 4. The Morgan fingerprint density at radius 1 is 0.964 bits per heavy atom. The first-order valence-electron chi connectivity index (χ1n) is 9.69. The molecule has 0 aliphatic carbocycles. The van der Waals surface area contributed by atoms with Gasteiger partial charge in [-0.15, -0.1) is 0 Å². The van der Waals surface area contributed by atoms with Crippen molar-refractivity contribution < 1.29 is 4.74 Å². The Morgan fingerprint density at radius 2 is 1.79 bits per heavy atom. The highest BCUT2D eigenvalue weighted by Gasteiger charge is 2.18. The quantitative estimate of drug-likeness (QED) is 0.688. The van der Waals surface area contributed by atoms with Crippen molar-refractivity contribution in [2.75, 3.05) is 20.2 Å². The fourth-order valence-electron chi connectivity index (χ4n) is 3.84. The maximum Gasteiger partial charge on any atom is 0.251 e. The Morgan fingerprint density at radius 3 is 2.54 bits per heavy atom. The summed E-state index contributed by atoms with van der Waals surface area (Å²) in [6.45, 7) is 3.42. The lowest BCUT2D eigenvalue weighted by Gasteiger charge is -2.20. The predicted octanol–water partition coefficient (Wildman–Crippen LogP) is 2.90. The minimum Gasteiger partial charge on any atom is -0.497 e. The highest BCUT2D eigenvalue weighted by atomic mass is 16.5. The van der Waals surface area contributed by atoms with Crippen LogP contribution in [0.1, 0.15) is 22.4 Å². The van der Waals surface area contributed by atoms with Crippen LogP contribution < -0.4 is 10.3 Å². The molecule has 0 spiro atoms. The molecule has 3 aromatic rings. The Balaban J connectivity index is 1.51. The minimum atomic E-state index is 0.0613. The number of fused-ring (bicyclic) bond motifs is 1. The third-order valence-corrected chi connectivity index (χ3v) is 5.38. The average molecular weight is 375 g/mol. The molecular formula is C23H25N3O2. The fourth-order valence-corrected chi connectivity index (χ4v) is 3.84. The third-order valence-electron chi connectivity index (χ3n) is 5.38. The van der Waals surface area contributed by atoms with E-state index < -0.39 is 0 Å². The number of ether oxygens (including phenoxy) is 1. The second-order valence-electron chi connectivity index (χ2n) is 7.22. The molecule has 2 aromatic heterocycles. The van der Waals surface area contributed by atoms with Crippen LogP contribution in [0.15, 0.2) is 65.7 Å². The molecule has 1 aromatic carbocycles. The van der Waals surface area contributed by atoms with Gasteiger partial charge in [-0.2, -0.15) is 0 Å². The highest BCUT2D eigenvalue weighted by Crippen LogP contribution is 2.18. The highest BCUT2D eigenvalue weighted by molar-refractivity contribution is 5.28. The Hall–Kier alpha value is -2.92. The Kier molecular flexibility index (Phi) is 5.53. The summed E-state index contributed by atoms with van der Waals surface area (Å²) in [5.41, 5.74) is 4.83. The van der Waals surface area contributed by atoms with Crippen molar-refractivity contribution in [2.24, 2.45) is 0 Å². The molecule has 144 valence electrons. The SMILES string of the molecule is COc1ccc(CN2CCc3ccc(=O)n(Cc4cccnc4)c3CC2)cc1. The number of benzene rings is 1. The van der Waals surface area contributed by atoms with E-state index in [0.29, 0.717) is 6.54 Å². The number of aromatic nitrogens is 2. The largest absolute Gasteiger partial charge is 0.497 e. The second kappa shape index (κ2) is 8.40. The maximum absolute atomic E-state index is 12.6. The molecule has 0 unspecified atom stereocenters. The van der Waals surface area contributed by atoms with E-state index in [9.17, 15) is 4.79 Å². The van der Waals surface area contributed by atoms with Gasteiger partial charge >= 0.3 is 0 Å². The van der Waals surface area contributed by atoms with E-state index in [1.165, 1.54) is 11.1 Å². The van der Waals surface area contributed by atoms with Crippen LogP contribution in [-0.4, -0.2) is 34.7 Å². The molecule has 28 heavy (non-hydrogen) atoms. The topological polar surface area (TPSA) is 47.4 Å². The molecule has 1 aliphatic heterocycles. The average Bonchev–Trinajstić information content (AvgIpc) is 2.94. The molecule has 5 nitrogen and oxygen atoms in total. The Bertz CT molecular complexity index is 981. The van der Waals surface area contributed by atoms with Crippen molar-refractivity contribution >= 4 is 0 Å². The molecule has 0 N–H and O–H groups in total. The van der Waals surface area contributed by atoms with Crippen molar-refractivity contribution in [2.45, 2.75) is 25.9 Å². The van der Waals surface area contributed by atoms with Crippen molar-refractivity contribution in [3.8, 4) is 5.75 Å². The van der Waals surface area contributed by atoms with Crippen LogP contribution in [0.5, 0.6) is 5.75 Å². The molecule has 1 aliphatic rings. The molecule has 3 heterocycles. The lowest BCUT2D eigenvalue weighted by atomic mass is 10.1. The van der Waals surface area contributed by atoms with E-state index in [4.69, 9.17) is 4.74 Å². The third kappa shape index (κ3) is 4.15. The van der Waals surface area contributed by atoms with E-state index in [1.807, 2.05) is 41.1 Å². The summed E-state index contributed by atoms with van der Waals surface area (Å²) in [5, 5.41) is 0. The van der Waals surface area contributed by atoms with Gasteiger partial charge in [0.25, 0.3) is 5.56 Å². The standard InChI is InChI=1S/C23H25N3O2/c1-28-21-7-4-18(5-8-21)16-25-13-10-20-6-9-23(27)26(22(20)11-14-25)17-19-3-2-12-24-15-19/h2-9,12,15H,10-11,13-14,16-17H2,1H3. The van der Waals surface area contributed by atoms with E-state index in [2.05, 4.69) is 22.0 Å². The van der Waals surface area contributed by atoms with Gasteiger partial charge in [-0.25, -0.2) is 0 Å². The molecule has 0 atom stereocenters. The van der Waals surface area contributed by atoms with Crippen molar-refractivity contribution in [3.05, 3.63) is 93.7 Å². The zero-order valence-corrected chi connectivity index (χ0v) is 16.2.